The fourth-order valence-electron chi connectivity index (χ4n) is 4.10. The molecule has 1 heterocycles. The number of rotatable bonds is 3. The molecule has 1 amide bonds. The molecular weight excluding hydrogens is 359 g/mol. The van der Waals surface area contributed by atoms with E-state index in [2.05, 4.69) is 33.4 Å². The van der Waals surface area contributed by atoms with Crippen LogP contribution in [0.4, 0.5) is 13.2 Å². The molecule has 1 saturated heterocycles. The fraction of sp³-hybridized carbons (Fsp3) is 0.889. The summed E-state index contributed by atoms with van der Waals surface area (Å²) in [5.74, 6) is 0.818. The van der Waals surface area contributed by atoms with Gasteiger partial charge in [-0.2, -0.15) is 13.2 Å². The Labute approximate surface area is 158 Å². The lowest BCUT2D eigenvalue weighted by molar-refractivity contribution is -0.153. The minimum Gasteiger partial charge on any atom is -0.353 e. The molecule has 2 unspecified atom stereocenters. The molecule has 0 aromatic carbocycles. The zero-order valence-corrected chi connectivity index (χ0v) is 15.7. The summed E-state index contributed by atoms with van der Waals surface area (Å²) >= 11 is 0. The number of nitrogens with one attached hydrogen (secondary N) is 4. The number of hydrazine groups is 1. The average Bonchev–Trinajstić information content (AvgIpc) is 3.27. The van der Waals surface area contributed by atoms with E-state index in [0.29, 0.717) is 11.9 Å². The largest absolute Gasteiger partial charge is 0.405 e. The summed E-state index contributed by atoms with van der Waals surface area (Å²) in [5, 5.41) is 6.10. The maximum absolute atomic E-state index is 12.8. The van der Waals surface area contributed by atoms with Gasteiger partial charge in [-0.15, -0.1) is 0 Å². The summed E-state index contributed by atoms with van der Waals surface area (Å²) < 4.78 is 38.5. The van der Waals surface area contributed by atoms with Crippen LogP contribution in [0.1, 0.15) is 64.7 Å². The molecule has 9 heteroatoms. The Kier molecular flexibility index (Phi) is 6.62. The summed E-state index contributed by atoms with van der Waals surface area (Å²) in [7, 11) is 0. The topological polar surface area (TPSA) is 77.5 Å². The Morgan fingerprint density at radius 1 is 1.04 bits per heavy atom. The number of carbonyl (C=O) groups is 1. The molecule has 0 radical (unpaired) electrons. The van der Waals surface area contributed by atoms with Gasteiger partial charge in [0.05, 0.1) is 0 Å². The molecule has 3 aliphatic rings. The van der Waals surface area contributed by atoms with E-state index in [9.17, 15) is 18.0 Å². The molecule has 3 fully saturated rings. The minimum absolute atomic E-state index is 0.0469. The number of carbonyl (C=O) groups excluding carboxylic acids is 1. The van der Waals surface area contributed by atoms with Crippen LogP contribution in [0.3, 0.4) is 0 Å². The molecule has 154 valence electrons. The summed E-state index contributed by atoms with van der Waals surface area (Å²) in [4.78, 5) is 17.0. The minimum atomic E-state index is -4.32. The highest BCUT2D eigenvalue weighted by atomic mass is 19.4. The highest BCUT2D eigenvalue weighted by Crippen LogP contribution is 2.28. The van der Waals surface area contributed by atoms with Crippen molar-refractivity contribution < 1.29 is 18.0 Å². The number of aliphatic imine (C=N–C) groups is 1. The van der Waals surface area contributed by atoms with Crippen LogP contribution in [0.25, 0.3) is 0 Å². The monoisotopic (exact) mass is 389 g/mol. The molecule has 4 N–H and O–H groups in total. The lowest BCUT2D eigenvalue weighted by atomic mass is 9.82. The molecule has 2 saturated carbocycles. The maximum Gasteiger partial charge on any atom is 0.405 e. The van der Waals surface area contributed by atoms with Crippen LogP contribution in [0.5, 0.6) is 0 Å². The summed E-state index contributed by atoms with van der Waals surface area (Å²) in [6.45, 7) is 2.19. The van der Waals surface area contributed by atoms with Crippen molar-refractivity contribution in [1.29, 1.82) is 0 Å². The highest BCUT2D eigenvalue weighted by Gasteiger charge is 2.44. The van der Waals surface area contributed by atoms with Crippen LogP contribution in [-0.2, 0) is 4.79 Å². The van der Waals surface area contributed by atoms with E-state index in [-0.39, 0.29) is 24.3 Å². The molecule has 0 spiro atoms. The van der Waals surface area contributed by atoms with Gasteiger partial charge in [0.2, 0.25) is 5.91 Å². The van der Waals surface area contributed by atoms with Gasteiger partial charge in [-0.25, -0.2) is 15.8 Å². The molecule has 2 aliphatic carbocycles. The predicted molar refractivity (Wildman–Crippen MR) is 96.6 cm³/mol. The van der Waals surface area contributed by atoms with Crippen molar-refractivity contribution in [1.82, 2.24) is 21.5 Å². The van der Waals surface area contributed by atoms with Crippen LogP contribution in [0, 0.1) is 11.8 Å². The Morgan fingerprint density at radius 2 is 1.70 bits per heavy atom. The maximum atomic E-state index is 12.8. The number of alkyl halides is 3. The Morgan fingerprint density at radius 3 is 2.30 bits per heavy atom. The summed E-state index contributed by atoms with van der Waals surface area (Å²) in [5.41, 5.74) is 4.82. The number of halogens is 3. The van der Waals surface area contributed by atoms with Crippen molar-refractivity contribution in [2.75, 3.05) is 0 Å². The first kappa shape index (κ1) is 20.4. The third kappa shape index (κ3) is 5.81. The van der Waals surface area contributed by atoms with E-state index in [4.69, 9.17) is 0 Å². The number of hydrogen-bond acceptors (Lipinski definition) is 4. The van der Waals surface area contributed by atoms with Gasteiger partial charge in [0, 0.05) is 18.4 Å². The number of amides is 1. The molecule has 27 heavy (non-hydrogen) atoms. The molecule has 0 bridgehead atoms. The second kappa shape index (κ2) is 8.77. The third-order valence-corrected chi connectivity index (χ3v) is 5.89. The smallest absolute Gasteiger partial charge is 0.353 e. The first-order valence-electron chi connectivity index (χ1n) is 10.0. The molecule has 0 aromatic rings. The standard InChI is InChI=1S/C18H30F3N5O/c1-11-6-8-12(9-7-11)16(27)24-17(22-13-4-2-3-5-13)23-15-10-14(25-26-15)18(19,20)21/h11-15,25-26H,2-10H2,1H3,(H2,22,23,24,27). The normalized spacial score (nSPS) is 33.3. The van der Waals surface area contributed by atoms with E-state index >= 15 is 0 Å². The van der Waals surface area contributed by atoms with Crippen molar-refractivity contribution >= 4 is 11.9 Å². The molecule has 6 nitrogen and oxygen atoms in total. The highest BCUT2D eigenvalue weighted by molar-refractivity contribution is 5.98. The fourth-order valence-corrected chi connectivity index (χ4v) is 4.10. The Bertz CT molecular complexity index is 540. The van der Waals surface area contributed by atoms with E-state index in [1.807, 2.05) is 0 Å². The second-order valence-electron chi connectivity index (χ2n) is 8.18. The first-order chi connectivity index (χ1) is 12.8. The lowest BCUT2D eigenvalue weighted by Crippen LogP contribution is -2.48. The Hall–Kier alpha value is -1.35. The van der Waals surface area contributed by atoms with Gasteiger partial charge in [0.25, 0.3) is 0 Å². The van der Waals surface area contributed by atoms with E-state index in [1.165, 1.54) is 0 Å². The van der Waals surface area contributed by atoms with Crippen LogP contribution in [0.2, 0.25) is 0 Å². The Balaban J connectivity index is 1.62. The van der Waals surface area contributed by atoms with Crippen LogP contribution in [0.15, 0.2) is 4.99 Å². The molecule has 2 atom stereocenters. The third-order valence-electron chi connectivity index (χ3n) is 5.89. The van der Waals surface area contributed by atoms with Gasteiger partial charge < -0.3 is 5.32 Å². The van der Waals surface area contributed by atoms with Gasteiger partial charge in [-0.3, -0.25) is 10.1 Å². The second-order valence-corrected chi connectivity index (χ2v) is 8.18. The first-order valence-corrected chi connectivity index (χ1v) is 10.0. The van der Waals surface area contributed by atoms with E-state index in [0.717, 1.165) is 51.4 Å². The lowest BCUT2D eigenvalue weighted by Gasteiger charge is -2.26. The van der Waals surface area contributed by atoms with Crippen molar-refractivity contribution in [2.24, 2.45) is 16.8 Å². The SMILES string of the molecule is CC1CCC(C(=O)N/C(=N\C2CC(C(F)(F)F)NN2)NC2CCCC2)CC1. The van der Waals surface area contributed by atoms with Gasteiger partial charge in [0.1, 0.15) is 12.2 Å². The molecular formula is C18H30F3N5O. The van der Waals surface area contributed by atoms with Crippen molar-refractivity contribution in [3.8, 4) is 0 Å². The van der Waals surface area contributed by atoms with Crippen LogP contribution in [-0.4, -0.2) is 36.3 Å². The number of guanidine groups is 1. The van der Waals surface area contributed by atoms with E-state index in [1.54, 1.807) is 0 Å². The summed E-state index contributed by atoms with van der Waals surface area (Å²) in [6.07, 6.45) is 2.70. The average molecular weight is 389 g/mol. The van der Waals surface area contributed by atoms with E-state index < -0.39 is 18.4 Å². The zero-order valence-electron chi connectivity index (χ0n) is 15.7. The predicted octanol–water partition coefficient (Wildman–Crippen LogP) is 2.57. The van der Waals surface area contributed by atoms with Gasteiger partial charge in [0.15, 0.2) is 5.96 Å². The summed E-state index contributed by atoms with van der Waals surface area (Å²) in [6, 6.07) is -1.42. The molecule has 1 aliphatic heterocycles. The molecule has 3 rings (SSSR count). The van der Waals surface area contributed by atoms with Gasteiger partial charge in [-0.05, 0) is 44.4 Å². The van der Waals surface area contributed by atoms with Gasteiger partial charge in [-0.1, -0.05) is 19.8 Å². The van der Waals surface area contributed by atoms with Crippen molar-refractivity contribution in [3.63, 3.8) is 0 Å². The van der Waals surface area contributed by atoms with Crippen molar-refractivity contribution in [2.45, 2.75) is 89.1 Å². The van der Waals surface area contributed by atoms with Crippen LogP contribution >= 0.6 is 0 Å². The number of hydrogen-bond donors (Lipinski definition) is 4. The zero-order chi connectivity index (χ0) is 19.4. The molecule has 0 aromatic heterocycles. The number of nitrogens with zero attached hydrogens (tertiary/aromatic N) is 1. The van der Waals surface area contributed by atoms with Crippen molar-refractivity contribution in [3.05, 3.63) is 0 Å². The van der Waals surface area contributed by atoms with Gasteiger partial charge >= 0.3 is 6.18 Å². The quantitative estimate of drug-likeness (QED) is 0.442. The van der Waals surface area contributed by atoms with Crippen LogP contribution < -0.4 is 21.5 Å².